The summed E-state index contributed by atoms with van der Waals surface area (Å²) in [7, 11) is -2.16. The second-order valence-corrected chi connectivity index (χ2v) is 9.81. The molecule has 12 heteroatoms. The van der Waals surface area contributed by atoms with Crippen molar-refractivity contribution in [3.05, 3.63) is 57.5 Å². The topological polar surface area (TPSA) is 139 Å². The van der Waals surface area contributed by atoms with Crippen LogP contribution in [-0.2, 0) is 27.7 Å². The highest BCUT2D eigenvalue weighted by Crippen LogP contribution is 2.29. The standard InChI is InChI=1S/C20H23FN4O6S/c1-24(15(26)11-32(2,30)31)14-4-3-9-25-18(14)23-16(17(27)20(25)29)19(28)22-10-12-5-7-13(21)8-6-12/h5-8,14,27H,3-4,9-11H2,1-2H3,(H,22,28). The van der Waals surface area contributed by atoms with Crippen LogP contribution < -0.4 is 10.9 Å². The van der Waals surface area contributed by atoms with Crippen molar-refractivity contribution in [2.75, 3.05) is 19.1 Å². The average molecular weight is 466 g/mol. The van der Waals surface area contributed by atoms with Crippen LogP contribution in [0.15, 0.2) is 29.1 Å². The molecule has 32 heavy (non-hydrogen) atoms. The molecule has 1 aromatic heterocycles. The lowest BCUT2D eigenvalue weighted by atomic mass is 10.0. The number of nitrogens with zero attached hydrogens (tertiary/aromatic N) is 3. The van der Waals surface area contributed by atoms with Gasteiger partial charge in [-0.3, -0.25) is 19.0 Å². The number of hydrogen-bond acceptors (Lipinski definition) is 7. The number of hydrogen-bond donors (Lipinski definition) is 2. The van der Waals surface area contributed by atoms with Gasteiger partial charge in [-0.2, -0.15) is 0 Å². The van der Waals surface area contributed by atoms with Crippen molar-refractivity contribution in [3.63, 3.8) is 0 Å². The van der Waals surface area contributed by atoms with Crippen LogP contribution >= 0.6 is 0 Å². The molecule has 0 radical (unpaired) electrons. The molecule has 0 spiro atoms. The molecule has 0 fully saturated rings. The number of aromatic nitrogens is 2. The molecule has 0 bridgehead atoms. The fraction of sp³-hybridized carbons (Fsp3) is 0.400. The molecular weight excluding hydrogens is 443 g/mol. The second-order valence-electron chi connectivity index (χ2n) is 7.67. The SMILES string of the molecule is CN(C(=O)CS(C)(=O)=O)C1CCCn2c1nc(C(=O)NCc1ccc(F)cc1)c(O)c2=O. The summed E-state index contributed by atoms with van der Waals surface area (Å²) in [4.78, 5) is 43.1. The molecule has 0 saturated heterocycles. The van der Waals surface area contributed by atoms with E-state index >= 15 is 0 Å². The highest BCUT2D eigenvalue weighted by molar-refractivity contribution is 7.91. The maximum Gasteiger partial charge on any atom is 0.296 e. The van der Waals surface area contributed by atoms with Crippen LogP contribution in [0.4, 0.5) is 4.39 Å². The fourth-order valence-corrected chi connectivity index (χ4v) is 4.15. The summed E-state index contributed by atoms with van der Waals surface area (Å²) >= 11 is 0. The molecule has 3 rings (SSSR count). The van der Waals surface area contributed by atoms with Crippen molar-refractivity contribution in [1.82, 2.24) is 19.8 Å². The number of benzene rings is 1. The van der Waals surface area contributed by atoms with Gasteiger partial charge >= 0.3 is 0 Å². The van der Waals surface area contributed by atoms with Crippen molar-refractivity contribution >= 4 is 21.7 Å². The Morgan fingerprint density at radius 2 is 1.97 bits per heavy atom. The van der Waals surface area contributed by atoms with Gasteiger partial charge in [-0.25, -0.2) is 17.8 Å². The lowest BCUT2D eigenvalue weighted by Crippen LogP contribution is -2.42. The molecule has 0 saturated carbocycles. The second kappa shape index (κ2) is 9.07. The van der Waals surface area contributed by atoms with E-state index in [-0.39, 0.29) is 18.9 Å². The van der Waals surface area contributed by atoms with Crippen LogP contribution in [-0.4, -0.2) is 58.8 Å². The third kappa shape index (κ3) is 5.13. The Bertz CT molecular complexity index is 1210. The molecule has 172 valence electrons. The van der Waals surface area contributed by atoms with E-state index in [0.29, 0.717) is 18.4 Å². The van der Waals surface area contributed by atoms with E-state index in [4.69, 9.17) is 0 Å². The van der Waals surface area contributed by atoms with Crippen LogP contribution in [0.3, 0.4) is 0 Å². The van der Waals surface area contributed by atoms with Crippen LogP contribution in [0.5, 0.6) is 5.75 Å². The zero-order valence-corrected chi connectivity index (χ0v) is 18.4. The molecule has 2 N–H and O–H groups in total. The fourth-order valence-electron chi connectivity index (χ4n) is 3.50. The molecule has 1 aliphatic heterocycles. The van der Waals surface area contributed by atoms with Gasteiger partial charge in [-0.05, 0) is 30.5 Å². The van der Waals surface area contributed by atoms with Gasteiger partial charge in [0.15, 0.2) is 15.5 Å². The molecule has 1 atom stereocenters. The summed E-state index contributed by atoms with van der Waals surface area (Å²) in [5.74, 6) is -3.35. The first-order chi connectivity index (χ1) is 15.0. The number of halogens is 1. The van der Waals surface area contributed by atoms with Gasteiger partial charge in [0, 0.05) is 26.4 Å². The van der Waals surface area contributed by atoms with E-state index in [9.17, 15) is 32.3 Å². The van der Waals surface area contributed by atoms with Gasteiger partial charge in [0.25, 0.3) is 11.5 Å². The predicted molar refractivity (Wildman–Crippen MR) is 112 cm³/mol. The van der Waals surface area contributed by atoms with Crippen molar-refractivity contribution in [1.29, 1.82) is 0 Å². The van der Waals surface area contributed by atoms with E-state index in [0.717, 1.165) is 6.26 Å². The first-order valence-corrected chi connectivity index (χ1v) is 11.8. The number of rotatable bonds is 6. The smallest absolute Gasteiger partial charge is 0.296 e. The monoisotopic (exact) mass is 466 g/mol. The maximum absolute atomic E-state index is 13.0. The minimum Gasteiger partial charge on any atom is -0.501 e. The lowest BCUT2D eigenvalue weighted by Gasteiger charge is -2.33. The van der Waals surface area contributed by atoms with Crippen molar-refractivity contribution in [2.24, 2.45) is 0 Å². The van der Waals surface area contributed by atoms with Crippen LogP contribution in [0.2, 0.25) is 0 Å². The number of carbonyl (C=O) groups is 2. The van der Waals surface area contributed by atoms with Crippen molar-refractivity contribution in [3.8, 4) is 5.75 Å². The summed E-state index contributed by atoms with van der Waals surface area (Å²) in [6, 6.07) is 4.67. The molecule has 2 amide bonds. The quantitative estimate of drug-likeness (QED) is 0.627. The Labute approximate surface area is 183 Å². The van der Waals surface area contributed by atoms with Gasteiger partial charge in [0.2, 0.25) is 11.7 Å². The van der Waals surface area contributed by atoms with Gasteiger partial charge < -0.3 is 15.3 Å². The maximum atomic E-state index is 13.0. The Kier molecular flexibility index (Phi) is 6.63. The van der Waals surface area contributed by atoms with Gasteiger partial charge in [-0.1, -0.05) is 12.1 Å². The lowest BCUT2D eigenvalue weighted by molar-refractivity contribution is -0.129. The molecule has 10 nitrogen and oxygen atoms in total. The largest absolute Gasteiger partial charge is 0.501 e. The molecule has 1 unspecified atom stereocenters. The van der Waals surface area contributed by atoms with E-state index in [1.807, 2.05) is 0 Å². The van der Waals surface area contributed by atoms with Crippen molar-refractivity contribution in [2.45, 2.75) is 32.0 Å². The minimum absolute atomic E-state index is 0.00876. The van der Waals surface area contributed by atoms with Crippen LogP contribution in [0, 0.1) is 5.82 Å². The minimum atomic E-state index is -3.57. The van der Waals surface area contributed by atoms with Gasteiger partial charge in [0.05, 0.1) is 6.04 Å². The molecule has 2 heterocycles. The number of fused-ring (bicyclic) bond motifs is 1. The normalized spacial score (nSPS) is 15.7. The van der Waals surface area contributed by atoms with Crippen LogP contribution in [0.25, 0.3) is 0 Å². The average Bonchev–Trinajstić information content (AvgIpc) is 2.73. The Morgan fingerprint density at radius 3 is 2.59 bits per heavy atom. The predicted octanol–water partition coefficient (Wildman–Crippen LogP) is 0.356. The third-order valence-corrected chi connectivity index (χ3v) is 5.93. The zero-order valence-electron chi connectivity index (χ0n) is 17.5. The number of nitrogens with one attached hydrogen (secondary N) is 1. The van der Waals surface area contributed by atoms with E-state index in [1.54, 1.807) is 0 Å². The molecule has 1 aromatic carbocycles. The van der Waals surface area contributed by atoms with Crippen LogP contribution in [0.1, 0.15) is 40.8 Å². The molecule has 0 aliphatic carbocycles. The summed E-state index contributed by atoms with van der Waals surface area (Å²) in [5, 5.41) is 12.8. The third-order valence-electron chi connectivity index (χ3n) is 5.16. The highest BCUT2D eigenvalue weighted by atomic mass is 32.2. The summed E-state index contributed by atoms with van der Waals surface area (Å²) in [6.07, 6.45) is 1.84. The van der Waals surface area contributed by atoms with Crippen molar-refractivity contribution < 1.29 is 27.5 Å². The number of carbonyl (C=O) groups excluding carboxylic acids is 2. The molecule has 2 aromatic rings. The first kappa shape index (κ1) is 23.4. The molecular formula is C20H23FN4O6S. The summed E-state index contributed by atoms with van der Waals surface area (Å²) in [6.45, 7) is 0.242. The Morgan fingerprint density at radius 1 is 1.31 bits per heavy atom. The summed E-state index contributed by atoms with van der Waals surface area (Å²) < 4.78 is 37.2. The number of aromatic hydroxyl groups is 1. The Balaban J connectivity index is 1.90. The highest BCUT2D eigenvalue weighted by Gasteiger charge is 2.33. The van der Waals surface area contributed by atoms with E-state index in [1.165, 1.54) is 40.8 Å². The summed E-state index contributed by atoms with van der Waals surface area (Å²) in [5.41, 5.74) is -0.729. The first-order valence-electron chi connectivity index (χ1n) is 9.77. The van der Waals surface area contributed by atoms with Gasteiger partial charge in [-0.15, -0.1) is 0 Å². The van der Waals surface area contributed by atoms with E-state index in [2.05, 4.69) is 10.3 Å². The van der Waals surface area contributed by atoms with E-state index < -0.39 is 56.3 Å². The zero-order chi connectivity index (χ0) is 23.6. The number of sulfone groups is 1. The number of amides is 2. The van der Waals surface area contributed by atoms with Gasteiger partial charge in [0.1, 0.15) is 17.4 Å². The Hall–Kier alpha value is -3.28. The molecule has 1 aliphatic rings.